The molecule has 2 amide bonds. The van der Waals surface area contributed by atoms with Crippen LogP contribution in [0.3, 0.4) is 0 Å². The summed E-state index contributed by atoms with van der Waals surface area (Å²) < 4.78 is 27.8. The van der Waals surface area contributed by atoms with Crippen molar-refractivity contribution in [2.75, 3.05) is 52.9 Å². The number of hydrazone groups is 1. The summed E-state index contributed by atoms with van der Waals surface area (Å²) in [6.45, 7) is 5.44. The predicted octanol–water partition coefficient (Wildman–Crippen LogP) is 0.900. The molecule has 26 heavy (non-hydrogen) atoms. The molecule has 1 aliphatic rings. The highest BCUT2D eigenvalue weighted by molar-refractivity contribution is 5.99. The van der Waals surface area contributed by atoms with Gasteiger partial charge in [0.05, 0.1) is 45.4 Å². The van der Waals surface area contributed by atoms with E-state index in [1.165, 1.54) is 0 Å². The van der Waals surface area contributed by atoms with E-state index in [1.807, 2.05) is 6.07 Å². The minimum atomic E-state index is -0.723. The topological polar surface area (TPSA) is 114 Å². The Labute approximate surface area is 152 Å². The molecule has 9 nitrogen and oxygen atoms in total. The Kier molecular flexibility index (Phi) is 8.67. The Balaban J connectivity index is 2.08. The summed E-state index contributed by atoms with van der Waals surface area (Å²) >= 11 is 0. The van der Waals surface area contributed by atoms with Crippen molar-refractivity contribution in [2.45, 2.75) is 6.92 Å². The van der Waals surface area contributed by atoms with Gasteiger partial charge in [-0.15, -0.1) is 0 Å². The lowest BCUT2D eigenvalue weighted by atomic mass is 10.1. The summed E-state index contributed by atoms with van der Waals surface area (Å²) in [6, 6.07) is 4.68. The van der Waals surface area contributed by atoms with Gasteiger partial charge in [0.1, 0.15) is 13.2 Å². The second-order valence-electron chi connectivity index (χ2n) is 5.37. The second kappa shape index (κ2) is 11.3. The van der Waals surface area contributed by atoms with Crippen molar-refractivity contribution in [2.24, 2.45) is 10.8 Å². The molecule has 0 aromatic heterocycles. The number of rotatable bonds is 2. The lowest BCUT2D eigenvalue weighted by Crippen LogP contribution is -2.25. The number of nitrogens with one attached hydrogen (secondary N) is 1. The molecule has 0 bridgehead atoms. The van der Waals surface area contributed by atoms with Crippen molar-refractivity contribution < 1.29 is 28.5 Å². The Morgan fingerprint density at radius 1 is 0.923 bits per heavy atom. The summed E-state index contributed by atoms with van der Waals surface area (Å²) in [5, 5.41) is 3.92. The predicted molar refractivity (Wildman–Crippen MR) is 94.8 cm³/mol. The van der Waals surface area contributed by atoms with Gasteiger partial charge in [0.15, 0.2) is 11.5 Å². The van der Waals surface area contributed by atoms with Gasteiger partial charge in [-0.2, -0.15) is 5.10 Å². The number of primary amides is 1. The fourth-order valence-corrected chi connectivity index (χ4v) is 2.13. The van der Waals surface area contributed by atoms with Gasteiger partial charge in [0.25, 0.3) is 0 Å². The first-order valence-electron chi connectivity index (χ1n) is 8.40. The Hall–Kier alpha value is -2.36. The van der Waals surface area contributed by atoms with Crippen LogP contribution < -0.4 is 20.6 Å². The zero-order valence-corrected chi connectivity index (χ0v) is 14.9. The molecule has 0 spiro atoms. The number of amides is 2. The number of ether oxygens (including phenoxy) is 5. The van der Waals surface area contributed by atoms with Gasteiger partial charge < -0.3 is 29.4 Å². The van der Waals surface area contributed by atoms with Gasteiger partial charge in [0.2, 0.25) is 0 Å². The molecule has 0 unspecified atom stereocenters. The number of hydrogen-bond acceptors (Lipinski definition) is 7. The van der Waals surface area contributed by atoms with Gasteiger partial charge in [-0.05, 0) is 25.1 Å². The van der Waals surface area contributed by atoms with Crippen LogP contribution >= 0.6 is 0 Å². The molecule has 0 saturated heterocycles. The second-order valence-corrected chi connectivity index (χ2v) is 5.37. The molecule has 0 radical (unpaired) electrons. The fourth-order valence-electron chi connectivity index (χ4n) is 2.13. The van der Waals surface area contributed by atoms with E-state index in [9.17, 15) is 4.79 Å². The average molecular weight is 367 g/mol. The number of carbonyl (C=O) groups excluding carboxylic acids is 1. The number of nitrogens with two attached hydrogens (primary N) is 1. The third-order valence-electron chi connectivity index (χ3n) is 3.41. The summed E-state index contributed by atoms with van der Waals surface area (Å²) in [5.74, 6) is 1.16. The molecular weight excluding hydrogens is 342 g/mol. The smallest absolute Gasteiger partial charge is 0.332 e. The third kappa shape index (κ3) is 7.26. The van der Waals surface area contributed by atoms with E-state index in [2.05, 4.69) is 10.5 Å². The van der Waals surface area contributed by atoms with Crippen LogP contribution in [0.25, 0.3) is 0 Å². The minimum Gasteiger partial charge on any atom is -0.487 e. The molecule has 0 atom stereocenters. The molecule has 1 aromatic carbocycles. The highest BCUT2D eigenvalue weighted by Gasteiger charge is 2.10. The molecule has 144 valence electrons. The molecule has 0 aliphatic carbocycles. The van der Waals surface area contributed by atoms with Crippen molar-refractivity contribution in [3.8, 4) is 11.5 Å². The van der Waals surface area contributed by atoms with Gasteiger partial charge in [-0.1, -0.05) is 0 Å². The largest absolute Gasteiger partial charge is 0.487 e. The van der Waals surface area contributed by atoms with Gasteiger partial charge >= 0.3 is 6.03 Å². The van der Waals surface area contributed by atoms with E-state index in [1.54, 1.807) is 19.1 Å². The molecule has 0 saturated carbocycles. The number of carbonyl (C=O) groups is 1. The molecule has 9 heteroatoms. The van der Waals surface area contributed by atoms with Crippen molar-refractivity contribution >= 4 is 11.7 Å². The number of benzene rings is 1. The highest BCUT2D eigenvalue weighted by Crippen LogP contribution is 2.28. The summed E-state index contributed by atoms with van der Waals surface area (Å²) in [6.07, 6.45) is 0. The first-order chi connectivity index (χ1) is 12.7. The Morgan fingerprint density at radius 3 is 2.04 bits per heavy atom. The number of urea groups is 1. The van der Waals surface area contributed by atoms with E-state index in [4.69, 9.17) is 29.4 Å². The molecule has 0 fully saturated rings. The molecule has 2 rings (SSSR count). The van der Waals surface area contributed by atoms with E-state index >= 15 is 0 Å². The van der Waals surface area contributed by atoms with Crippen molar-refractivity contribution in [1.29, 1.82) is 0 Å². The van der Waals surface area contributed by atoms with Crippen LogP contribution in [0.2, 0.25) is 0 Å². The van der Waals surface area contributed by atoms with Crippen molar-refractivity contribution in [3.05, 3.63) is 23.8 Å². The normalized spacial score (nSPS) is 17.7. The quantitative estimate of drug-likeness (QED) is 0.593. The maximum atomic E-state index is 10.8. The molecule has 1 aliphatic heterocycles. The van der Waals surface area contributed by atoms with Crippen molar-refractivity contribution in [1.82, 2.24) is 5.43 Å². The van der Waals surface area contributed by atoms with Gasteiger partial charge in [-0.25, -0.2) is 10.2 Å². The first-order valence-corrected chi connectivity index (χ1v) is 8.40. The minimum absolute atomic E-state index is 0.367. The van der Waals surface area contributed by atoms with Crippen LogP contribution in [0.4, 0.5) is 4.79 Å². The molecular formula is C17H25N3O6. The van der Waals surface area contributed by atoms with Crippen molar-refractivity contribution in [3.63, 3.8) is 0 Å². The van der Waals surface area contributed by atoms with Crippen LogP contribution in [-0.4, -0.2) is 64.6 Å². The molecule has 3 N–H and O–H groups in total. The third-order valence-corrected chi connectivity index (χ3v) is 3.41. The van der Waals surface area contributed by atoms with Crippen LogP contribution in [0, 0.1) is 0 Å². The van der Waals surface area contributed by atoms with Crippen LogP contribution in [-0.2, 0) is 14.2 Å². The standard InChI is InChI=1S/C17H25N3O6/c1-13(19-20-17(18)21)14-2-3-15-16(12-14)26-11-9-24-7-5-22-4-6-23-8-10-25-15/h2-3,12H,4-11H2,1H3,(H3,18,20,21)/b19-13+. The van der Waals surface area contributed by atoms with Gasteiger partial charge in [0, 0.05) is 5.56 Å². The van der Waals surface area contributed by atoms with Gasteiger partial charge in [-0.3, -0.25) is 0 Å². The number of nitrogens with zero attached hydrogens (tertiary/aromatic N) is 1. The maximum Gasteiger partial charge on any atom is 0.332 e. The summed E-state index contributed by atoms with van der Waals surface area (Å²) in [4.78, 5) is 10.8. The fraction of sp³-hybridized carbons (Fsp3) is 0.529. The lowest BCUT2D eigenvalue weighted by Gasteiger charge is -2.14. The summed E-state index contributed by atoms with van der Waals surface area (Å²) in [7, 11) is 0. The monoisotopic (exact) mass is 367 g/mol. The summed E-state index contributed by atoms with van der Waals surface area (Å²) in [5.41, 5.74) is 8.58. The SMILES string of the molecule is C/C(=N\NC(N)=O)c1ccc2c(c1)OCCOCCOCCOCCO2. The van der Waals surface area contributed by atoms with E-state index in [0.717, 1.165) is 5.56 Å². The van der Waals surface area contributed by atoms with Crippen LogP contribution in [0.5, 0.6) is 11.5 Å². The zero-order chi connectivity index (χ0) is 18.6. The lowest BCUT2D eigenvalue weighted by molar-refractivity contribution is 0.00708. The molecule has 1 heterocycles. The van der Waals surface area contributed by atoms with Crippen LogP contribution in [0.1, 0.15) is 12.5 Å². The maximum absolute atomic E-state index is 10.8. The van der Waals surface area contributed by atoms with E-state index < -0.39 is 6.03 Å². The highest BCUT2D eigenvalue weighted by atomic mass is 16.6. The Morgan fingerprint density at radius 2 is 1.46 bits per heavy atom. The number of fused-ring (bicyclic) bond motifs is 1. The average Bonchev–Trinajstić information content (AvgIpc) is 2.64. The van der Waals surface area contributed by atoms with Crippen LogP contribution in [0.15, 0.2) is 23.3 Å². The molecule has 1 aromatic rings. The van der Waals surface area contributed by atoms with E-state index in [0.29, 0.717) is 70.1 Å². The van der Waals surface area contributed by atoms with E-state index in [-0.39, 0.29) is 0 Å². The first kappa shape index (κ1) is 20.0. The Bertz CT molecular complexity index is 608. The number of hydrogen-bond donors (Lipinski definition) is 2. The zero-order valence-electron chi connectivity index (χ0n) is 14.9.